The van der Waals surface area contributed by atoms with Crippen LogP contribution in [0.2, 0.25) is 0 Å². The highest BCUT2D eigenvalue weighted by molar-refractivity contribution is 6.03. The van der Waals surface area contributed by atoms with Gasteiger partial charge in [-0.25, -0.2) is 9.18 Å². The highest BCUT2D eigenvalue weighted by Crippen LogP contribution is 2.26. The average molecular weight is 439 g/mol. The van der Waals surface area contributed by atoms with Crippen LogP contribution in [-0.2, 0) is 16.1 Å². The third-order valence-electron chi connectivity index (χ3n) is 6.06. The van der Waals surface area contributed by atoms with Crippen LogP contribution >= 0.6 is 0 Å². The maximum absolute atomic E-state index is 13.3. The Balaban J connectivity index is 1.54. The van der Waals surface area contributed by atoms with Crippen LogP contribution in [0.5, 0.6) is 0 Å². The first-order valence-electron chi connectivity index (χ1n) is 10.8. The van der Waals surface area contributed by atoms with Crippen LogP contribution in [0.15, 0.2) is 42.5 Å². The molecule has 2 aromatic carbocycles. The van der Waals surface area contributed by atoms with Crippen LogP contribution in [0.3, 0.4) is 0 Å². The lowest BCUT2D eigenvalue weighted by atomic mass is 9.93. The van der Waals surface area contributed by atoms with Gasteiger partial charge in [-0.3, -0.25) is 14.5 Å². The van der Waals surface area contributed by atoms with Gasteiger partial charge in [0.25, 0.3) is 0 Å². The number of urea groups is 1. The molecule has 2 heterocycles. The first-order valence-corrected chi connectivity index (χ1v) is 10.8. The molecule has 32 heavy (non-hydrogen) atoms. The van der Waals surface area contributed by atoms with Crippen molar-refractivity contribution in [3.8, 4) is 0 Å². The van der Waals surface area contributed by atoms with Crippen LogP contribution in [0.25, 0.3) is 0 Å². The van der Waals surface area contributed by atoms with Crippen molar-refractivity contribution in [1.29, 1.82) is 0 Å². The standard InChI is InChI=1S/C24H27FN4O3/c1-15-5-10-19(16(2)12-15)27-21(30)14-28-20-4-3-11-26-22(20)23(31)29(24(28)32)13-17-6-8-18(25)9-7-17/h5-10,12,20,22,26H,3-4,11,13-14H2,1-2H3,(H,27,30). The number of halogens is 1. The largest absolute Gasteiger partial charge is 0.327 e. The zero-order valence-corrected chi connectivity index (χ0v) is 18.2. The summed E-state index contributed by atoms with van der Waals surface area (Å²) in [7, 11) is 0. The third kappa shape index (κ3) is 4.50. The number of anilines is 1. The Morgan fingerprint density at radius 1 is 1.16 bits per heavy atom. The summed E-state index contributed by atoms with van der Waals surface area (Å²) in [5.41, 5.74) is 3.37. The van der Waals surface area contributed by atoms with Crippen molar-refractivity contribution in [2.45, 2.75) is 45.3 Å². The molecule has 168 valence electrons. The Bertz CT molecular complexity index is 1040. The van der Waals surface area contributed by atoms with Gasteiger partial charge in [0.05, 0.1) is 12.6 Å². The van der Waals surface area contributed by atoms with E-state index in [1.54, 1.807) is 12.1 Å². The van der Waals surface area contributed by atoms with Crippen molar-refractivity contribution in [3.63, 3.8) is 0 Å². The Labute approximate surface area is 186 Å². The van der Waals surface area contributed by atoms with Gasteiger partial charge in [-0.2, -0.15) is 0 Å². The molecule has 2 saturated heterocycles. The lowest BCUT2D eigenvalue weighted by molar-refractivity contribution is -0.138. The highest BCUT2D eigenvalue weighted by Gasteiger charge is 2.47. The number of piperidine rings is 1. The number of hydrogen-bond donors (Lipinski definition) is 2. The molecule has 2 atom stereocenters. The van der Waals surface area contributed by atoms with Crippen molar-refractivity contribution in [1.82, 2.24) is 15.1 Å². The molecular weight excluding hydrogens is 411 g/mol. The molecule has 4 rings (SSSR count). The number of fused-ring (bicyclic) bond motifs is 1. The highest BCUT2D eigenvalue weighted by atomic mass is 19.1. The molecule has 2 aliphatic rings. The Kier molecular flexibility index (Phi) is 6.23. The lowest BCUT2D eigenvalue weighted by Gasteiger charge is -2.46. The second kappa shape index (κ2) is 9.08. The van der Waals surface area contributed by atoms with Crippen molar-refractivity contribution in [2.24, 2.45) is 0 Å². The number of carbonyl (C=O) groups is 3. The van der Waals surface area contributed by atoms with Gasteiger partial charge in [-0.15, -0.1) is 0 Å². The second-order valence-corrected chi connectivity index (χ2v) is 8.47. The molecule has 2 fully saturated rings. The first kappa shape index (κ1) is 22.0. The number of nitrogens with one attached hydrogen (secondary N) is 2. The molecule has 0 aromatic heterocycles. The number of nitrogens with zero attached hydrogens (tertiary/aromatic N) is 2. The molecule has 0 spiro atoms. The van der Waals surface area contributed by atoms with E-state index in [1.807, 2.05) is 32.0 Å². The van der Waals surface area contributed by atoms with Crippen molar-refractivity contribution in [2.75, 3.05) is 18.4 Å². The predicted octanol–water partition coefficient (Wildman–Crippen LogP) is 2.97. The fraction of sp³-hybridized carbons (Fsp3) is 0.375. The zero-order chi connectivity index (χ0) is 22.8. The van der Waals surface area contributed by atoms with Crippen LogP contribution in [0, 0.1) is 19.7 Å². The van der Waals surface area contributed by atoms with Crippen molar-refractivity contribution in [3.05, 3.63) is 65.0 Å². The summed E-state index contributed by atoms with van der Waals surface area (Å²) in [6.07, 6.45) is 1.46. The summed E-state index contributed by atoms with van der Waals surface area (Å²) in [6, 6.07) is 9.99. The Morgan fingerprint density at radius 3 is 2.62 bits per heavy atom. The lowest BCUT2D eigenvalue weighted by Crippen LogP contribution is -2.70. The maximum Gasteiger partial charge on any atom is 0.327 e. The van der Waals surface area contributed by atoms with Gasteiger partial charge in [0, 0.05) is 5.69 Å². The normalized spacial score (nSPS) is 20.8. The zero-order valence-electron chi connectivity index (χ0n) is 18.2. The van der Waals surface area contributed by atoms with E-state index in [2.05, 4.69) is 10.6 Å². The monoisotopic (exact) mass is 438 g/mol. The number of imide groups is 1. The van der Waals surface area contributed by atoms with Gasteiger partial charge in [0.1, 0.15) is 18.4 Å². The first-order chi connectivity index (χ1) is 15.3. The van der Waals surface area contributed by atoms with E-state index in [0.29, 0.717) is 24.2 Å². The SMILES string of the molecule is Cc1ccc(NC(=O)CN2C(=O)N(Cc3ccc(F)cc3)C(=O)C3NCCCC32)c(C)c1. The Hall–Kier alpha value is -3.26. The third-order valence-corrected chi connectivity index (χ3v) is 6.06. The van der Waals surface area contributed by atoms with Gasteiger partial charge in [0.2, 0.25) is 11.8 Å². The van der Waals surface area contributed by atoms with E-state index in [1.165, 1.54) is 17.0 Å². The van der Waals surface area contributed by atoms with E-state index in [9.17, 15) is 18.8 Å². The minimum Gasteiger partial charge on any atom is -0.324 e. The van der Waals surface area contributed by atoms with Crippen molar-refractivity contribution < 1.29 is 18.8 Å². The molecule has 0 bridgehead atoms. The number of carbonyl (C=O) groups excluding carboxylic acids is 3. The molecule has 2 N–H and O–H groups in total. The van der Waals surface area contributed by atoms with Gasteiger partial charge < -0.3 is 15.5 Å². The van der Waals surface area contributed by atoms with E-state index in [0.717, 1.165) is 22.4 Å². The van der Waals surface area contributed by atoms with Crippen LogP contribution in [-0.4, -0.2) is 52.8 Å². The summed E-state index contributed by atoms with van der Waals surface area (Å²) in [6.45, 7) is 4.45. The quantitative estimate of drug-likeness (QED) is 0.752. The maximum atomic E-state index is 13.3. The van der Waals surface area contributed by atoms with E-state index in [-0.39, 0.29) is 36.8 Å². The molecule has 8 heteroatoms. The van der Waals surface area contributed by atoms with Gasteiger partial charge in [-0.05, 0) is 62.6 Å². The molecule has 2 unspecified atom stereocenters. The molecule has 0 radical (unpaired) electrons. The van der Waals surface area contributed by atoms with E-state index >= 15 is 0 Å². The molecular formula is C24H27FN4O3. The number of rotatable bonds is 5. The van der Waals surface area contributed by atoms with Gasteiger partial charge in [-0.1, -0.05) is 29.8 Å². The topological polar surface area (TPSA) is 81.8 Å². The molecule has 4 amide bonds. The molecule has 0 aliphatic carbocycles. The summed E-state index contributed by atoms with van der Waals surface area (Å²) < 4.78 is 13.3. The van der Waals surface area contributed by atoms with Gasteiger partial charge in [0.15, 0.2) is 0 Å². The summed E-state index contributed by atoms with van der Waals surface area (Å²) in [5.74, 6) is -1.01. The van der Waals surface area contributed by atoms with Gasteiger partial charge >= 0.3 is 6.03 Å². The van der Waals surface area contributed by atoms with E-state index in [4.69, 9.17) is 0 Å². The molecule has 7 nitrogen and oxygen atoms in total. The second-order valence-electron chi connectivity index (χ2n) is 8.47. The van der Waals surface area contributed by atoms with Crippen LogP contribution in [0.4, 0.5) is 14.9 Å². The minimum absolute atomic E-state index is 0.0258. The minimum atomic E-state index is -0.559. The average Bonchev–Trinajstić information content (AvgIpc) is 2.77. The summed E-state index contributed by atoms with van der Waals surface area (Å²) >= 11 is 0. The fourth-order valence-electron chi connectivity index (χ4n) is 4.42. The number of aryl methyl sites for hydroxylation is 2. The molecule has 0 saturated carbocycles. The van der Waals surface area contributed by atoms with E-state index < -0.39 is 12.1 Å². The van der Waals surface area contributed by atoms with Crippen molar-refractivity contribution >= 4 is 23.5 Å². The molecule has 2 aliphatic heterocycles. The Morgan fingerprint density at radius 2 is 1.91 bits per heavy atom. The number of benzene rings is 2. The number of amides is 4. The van der Waals surface area contributed by atoms with Crippen LogP contribution in [0.1, 0.15) is 29.5 Å². The fourth-order valence-corrected chi connectivity index (χ4v) is 4.42. The van der Waals surface area contributed by atoms with Crippen LogP contribution < -0.4 is 10.6 Å². The summed E-state index contributed by atoms with van der Waals surface area (Å²) in [4.78, 5) is 41.9. The number of hydrogen-bond acceptors (Lipinski definition) is 4. The summed E-state index contributed by atoms with van der Waals surface area (Å²) in [5, 5.41) is 6.09. The molecule has 2 aromatic rings. The predicted molar refractivity (Wildman–Crippen MR) is 118 cm³/mol. The smallest absolute Gasteiger partial charge is 0.324 e.